The fourth-order valence-electron chi connectivity index (χ4n) is 4.24. The molecule has 2 rings (SSSR count). The maximum absolute atomic E-state index is 5.76. The summed E-state index contributed by atoms with van der Waals surface area (Å²) in [6.45, 7) is 7.82. The molecular formula is C17H33NO. The van der Waals surface area contributed by atoms with E-state index in [2.05, 4.69) is 19.2 Å². The second-order valence-corrected chi connectivity index (χ2v) is 6.57. The Bertz CT molecular complexity index is 237. The second kappa shape index (κ2) is 8.26. The summed E-state index contributed by atoms with van der Waals surface area (Å²) in [5.41, 5.74) is 0. The summed E-state index contributed by atoms with van der Waals surface area (Å²) >= 11 is 0. The molecule has 1 saturated heterocycles. The molecule has 1 aliphatic heterocycles. The number of rotatable bonds is 6. The van der Waals surface area contributed by atoms with Gasteiger partial charge in [-0.15, -0.1) is 0 Å². The van der Waals surface area contributed by atoms with Crippen molar-refractivity contribution in [3.8, 4) is 0 Å². The third kappa shape index (κ3) is 4.19. The molecule has 0 aromatic carbocycles. The van der Waals surface area contributed by atoms with E-state index < -0.39 is 0 Å². The first-order valence-electron chi connectivity index (χ1n) is 8.68. The van der Waals surface area contributed by atoms with Crippen LogP contribution in [0, 0.1) is 17.8 Å². The normalized spacial score (nSPS) is 34.1. The molecule has 112 valence electrons. The topological polar surface area (TPSA) is 21.3 Å². The van der Waals surface area contributed by atoms with Crippen LogP contribution in [0.25, 0.3) is 0 Å². The van der Waals surface area contributed by atoms with Gasteiger partial charge in [-0.1, -0.05) is 39.5 Å². The number of hydrogen-bond donors (Lipinski definition) is 1. The second-order valence-electron chi connectivity index (χ2n) is 6.57. The zero-order chi connectivity index (χ0) is 13.5. The van der Waals surface area contributed by atoms with Crippen molar-refractivity contribution >= 4 is 0 Å². The highest BCUT2D eigenvalue weighted by molar-refractivity contribution is 4.89. The van der Waals surface area contributed by atoms with Gasteiger partial charge in [-0.2, -0.15) is 0 Å². The lowest BCUT2D eigenvalue weighted by Crippen LogP contribution is -2.48. The Morgan fingerprint density at radius 2 is 1.95 bits per heavy atom. The van der Waals surface area contributed by atoms with E-state index in [0.29, 0.717) is 6.04 Å². The monoisotopic (exact) mass is 267 g/mol. The molecule has 2 nitrogen and oxygen atoms in total. The van der Waals surface area contributed by atoms with E-state index in [0.717, 1.165) is 31.0 Å². The van der Waals surface area contributed by atoms with Crippen molar-refractivity contribution < 1.29 is 4.74 Å². The lowest BCUT2D eigenvalue weighted by molar-refractivity contribution is 0.0150. The third-order valence-corrected chi connectivity index (χ3v) is 5.29. The maximum atomic E-state index is 5.76. The quantitative estimate of drug-likeness (QED) is 0.785. The Kier molecular flexibility index (Phi) is 6.66. The Morgan fingerprint density at radius 1 is 1.11 bits per heavy atom. The zero-order valence-electron chi connectivity index (χ0n) is 13.0. The molecule has 1 aliphatic carbocycles. The van der Waals surface area contributed by atoms with Crippen LogP contribution >= 0.6 is 0 Å². The SMILES string of the molecule is CCCNC(C1CCCOC1)C1CCCCC1CC. The predicted octanol–water partition coefficient (Wildman–Crippen LogP) is 4.00. The molecule has 1 saturated carbocycles. The largest absolute Gasteiger partial charge is 0.381 e. The van der Waals surface area contributed by atoms with Crippen molar-refractivity contribution in [3.63, 3.8) is 0 Å². The van der Waals surface area contributed by atoms with E-state index in [1.807, 2.05) is 0 Å². The first kappa shape index (κ1) is 15.3. The third-order valence-electron chi connectivity index (χ3n) is 5.29. The van der Waals surface area contributed by atoms with Crippen molar-refractivity contribution in [2.75, 3.05) is 19.8 Å². The van der Waals surface area contributed by atoms with E-state index in [1.54, 1.807) is 0 Å². The van der Waals surface area contributed by atoms with Crippen LogP contribution in [0.5, 0.6) is 0 Å². The van der Waals surface area contributed by atoms with E-state index in [-0.39, 0.29) is 0 Å². The highest BCUT2D eigenvalue weighted by atomic mass is 16.5. The first-order chi connectivity index (χ1) is 9.36. The van der Waals surface area contributed by atoms with Crippen LogP contribution in [0.15, 0.2) is 0 Å². The van der Waals surface area contributed by atoms with Crippen molar-refractivity contribution in [2.45, 2.75) is 71.3 Å². The van der Waals surface area contributed by atoms with Gasteiger partial charge in [-0.3, -0.25) is 0 Å². The Balaban J connectivity index is 2.01. The van der Waals surface area contributed by atoms with Crippen LogP contribution in [-0.4, -0.2) is 25.8 Å². The summed E-state index contributed by atoms with van der Waals surface area (Å²) in [4.78, 5) is 0. The number of ether oxygens (including phenoxy) is 1. The molecule has 0 radical (unpaired) electrons. The maximum Gasteiger partial charge on any atom is 0.0509 e. The number of nitrogens with one attached hydrogen (secondary N) is 1. The highest BCUT2D eigenvalue weighted by Gasteiger charge is 2.35. The summed E-state index contributed by atoms with van der Waals surface area (Å²) in [6.07, 6.45) is 11.0. The molecule has 4 atom stereocenters. The van der Waals surface area contributed by atoms with Crippen LogP contribution in [0.1, 0.15) is 65.2 Å². The van der Waals surface area contributed by atoms with E-state index in [9.17, 15) is 0 Å². The molecule has 0 amide bonds. The molecule has 19 heavy (non-hydrogen) atoms. The number of hydrogen-bond acceptors (Lipinski definition) is 2. The van der Waals surface area contributed by atoms with Gasteiger partial charge in [-0.05, 0) is 50.0 Å². The van der Waals surface area contributed by atoms with Gasteiger partial charge in [0.15, 0.2) is 0 Å². The lowest BCUT2D eigenvalue weighted by Gasteiger charge is -2.42. The summed E-state index contributed by atoms with van der Waals surface area (Å²) < 4.78 is 5.76. The predicted molar refractivity (Wildman–Crippen MR) is 81.4 cm³/mol. The van der Waals surface area contributed by atoms with Crippen LogP contribution < -0.4 is 5.32 Å². The van der Waals surface area contributed by atoms with Gasteiger partial charge in [0.05, 0.1) is 6.61 Å². The van der Waals surface area contributed by atoms with Gasteiger partial charge in [0, 0.05) is 12.6 Å². The van der Waals surface area contributed by atoms with E-state index in [1.165, 1.54) is 57.9 Å². The molecule has 2 fully saturated rings. The molecule has 2 aliphatic rings. The fourth-order valence-corrected chi connectivity index (χ4v) is 4.24. The minimum atomic E-state index is 0.713. The van der Waals surface area contributed by atoms with E-state index in [4.69, 9.17) is 4.74 Å². The minimum absolute atomic E-state index is 0.713. The molecule has 0 aromatic rings. The summed E-state index contributed by atoms with van der Waals surface area (Å²) in [7, 11) is 0. The van der Waals surface area contributed by atoms with Crippen molar-refractivity contribution in [1.82, 2.24) is 5.32 Å². The Labute approximate surface area is 119 Å². The van der Waals surface area contributed by atoms with Gasteiger partial charge in [-0.25, -0.2) is 0 Å². The van der Waals surface area contributed by atoms with Gasteiger partial charge in [0.2, 0.25) is 0 Å². The average molecular weight is 267 g/mol. The molecular weight excluding hydrogens is 234 g/mol. The molecule has 0 bridgehead atoms. The van der Waals surface area contributed by atoms with Crippen molar-refractivity contribution in [1.29, 1.82) is 0 Å². The molecule has 0 aromatic heterocycles. The average Bonchev–Trinajstić information content (AvgIpc) is 2.49. The van der Waals surface area contributed by atoms with Crippen molar-refractivity contribution in [2.24, 2.45) is 17.8 Å². The smallest absolute Gasteiger partial charge is 0.0509 e. The highest BCUT2D eigenvalue weighted by Crippen LogP contribution is 2.38. The molecule has 4 unspecified atom stereocenters. The zero-order valence-corrected chi connectivity index (χ0v) is 13.0. The molecule has 1 heterocycles. The molecule has 0 spiro atoms. The molecule has 2 heteroatoms. The fraction of sp³-hybridized carbons (Fsp3) is 1.00. The molecule has 1 N–H and O–H groups in total. The first-order valence-corrected chi connectivity index (χ1v) is 8.68. The lowest BCUT2D eigenvalue weighted by atomic mass is 9.70. The minimum Gasteiger partial charge on any atom is -0.381 e. The summed E-state index contributed by atoms with van der Waals surface area (Å²) in [5.74, 6) is 2.61. The van der Waals surface area contributed by atoms with Gasteiger partial charge < -0.3 is 10.1 Å². The Morgan fingerprint density at radius 3 is 2.63 bits per heavy atom. The van der Waals surface area contributed by atoms with Crippen molar-refractivity contribution in [3.05, 3.63) is 0 Å². The summed E-state index contributed by atoms with van der Waals surface area (Å²) in [6, 6.07) is 0.713. The van der Waals surface area contributed by atoms with Gasteiger partial charge in [0.1, 0.15) is 0 Å². The van der Waals surface area contributed by atoms with Crippen LogP contribution in [-0.2, 0) is 4.74 Å². The summed E-state index contributed by atoms with van der Waals surface area (Å²) in [5, 5.41) is 3.89. The van der Waals surface area contributed by atoms with Gasteiger partial charge in [0.25, 0.3) is 0 Å². The van der Waals surface area contributed by atoms with Gasteiger partial charge >= 0.3 is 0 Å². The van der Waals surface area contributed by atoms with Crippen LogP contribution in [0.4, 0.5) is 0 Å². The van der Waals surface area contributed by atoms with Crippen LogP contribution in [0.2, 0.25) is 0 Å². The standard InChI is InChI=1S/C17H33NO/c1-3-11-18-17(15-9-7-12-19-13-15)16-10-6-5-8-14(16)4-2/h14-18H,3-13H2,1-2H3. The van der Waals surface area contributed by atoms with E-state index >= 15 is 0 Å². The Hall–Kier alpha value is -0.0800. The van der Waals surface area contributed by atoms with Crippen LogP contribution in [0.3, 0.4) is 0 Å².